The summed E-state index contributed by atoms with van der Waals surface area (Å²) in [6, 6.07) is 9.19. The Morgan fingerprint density at radius 3 is 2.60 bits per heavy atom. The SMILES string of the molecule is CCCS(=O)(=O)N1CCCCC1C(=O)Nc1cccc(C(=O)Nc2ccncc2)c1. The van der Waals surface area contributed by atoms with Gasteiger partial charge in [-0.05, 0) is 49.6 Å². The van der Waals surface area contributed by atoms with Gasteiger partial charge < -0.3 is 10.6 Å². The predicted molar refractivity (Wildman–Crippen MR) is 116 cm³/mol. The number of hydrogen-bond acceptors (Lipinski definition) is 5. The zero-order valence-corrected chi connectivity index (χ0v) is 17.7. The molecule has 1 aromatic carbocycles. The number of hydrogen-bond donors (Lipinski definition) is 2. The van der Waals surface area contributed by atoms with Crippen LogP contribution in [0.25, 0.3) is 0 Å². The van der Waals surface area contributed by atoms with Crippen molar-refractivity contribution in [3.05, 3.63) is 54.4 Å². The Labute approximate surface area is 176 Å². The van der Waals surface area contributed by atoms with Gasteiger partial charge in [-0.25, -0.2) is 8.42 Å². The van der Waals surface area contributed by atoms with Gasteiger partial charge in [-0.2, -0.15) is 4.31 Å². The molecule has 9 heteroatoms. The van der Waals surface area contributed by atoms with Crippen molar-refractivity contribution >= 4 is 33.2 Å². The molecule has 1 aromatic heterocycles. The first-order valence-electron chi connectivity index (χ1n) is 10.0. The Hall–Kier alpha value is -2.78. The highest BCUT2D eigenvalue weighted by molar-refractivity contribution is 7.89. The maximum Gasteiger partial charge on any atom is 0.255 e. The number of carbonyl (C=O) groups excluding carboxylic acids is 2. The fourth-order valence-corrected chi connectivity index (χ4v) is 5.22. The van der Waals surface area contributed by atoms with Crippen molar-refractivity contribution in [2.24, 2.45) is 0 Å². The maximum atomic E-state index is 12.9. The first kappa shape index (κ1) is 21.9. The summed E-state index contributed by atoms with van der Waals surface area (Å²) in [6.45, 7) is 2.16. The zero-order valence-electron chi connectivity index (χ0n) is 16.9. The summed E-state index contributed by atoms with van der Waals surface area (Å²) in [5, 5.41) is 5.54. The number of benzene rings is 1. The first-order chi connectivity index (χ1) is 14.4. The van der Waals surface area contributed by atoms with Gasteiger partial charge in [0.1, 0.15) is 6.04 Å². The minimum atomic E-state index is -3.47. The fraction of sp³-hybridized carbons (Fsp3) is 0.381. The summed E-state index contributed by atoms with van der Waals surface area (Å²) >= 11 is 0. The second kappa shape index (κ2) is 9.82. The van der Waals surface area contributed by atoms with E-state index in [4.69, 9.17) is 0 Å². The van der Waals surface area contributed by atoms with E-state index >= 15 is 0 Å². The van der Waals surface area contributed by atoms with Gasteiger partial charge in [0, 0.05) is 35.9 Å². The molecule has 2 aromatic rings. The molecule has 0 bridgehead atoms. The number of sulfonamides is 1. The van der Waals surface area contributed by atoms with Crippen LogP contribution in [0.3, 0.4) is 0 Å². The van der Waals surface area contributed by atoms with Crippen LogP contribution in [-0.4, -0.2) is 47.9 Å². The summed E-state index contributed by atoms with van der Waals surface area (Å²) in [6.07, 6.45) is 5.68. The van der Waals surface area contributed by atoms with Crippen molar-refractivity contribution in [1.82, 2.24) is 9.29 Å². The van der Waals surface area contributed by atoms with Gasteiger partial charge in [0.15, 0.2) is 0 Å². The monoisotopic (exact) mass is 430 g/mol. The van der Waals surface area contributed by atoms with Gasteiger partial charge in [0.25, 0.3) is 5.91 Å². The average molecular weight is 431 g/mol. The van der Waals surface area contributed by atoms with Crippen molar-refractivity contribution in [1.29, 1.82) is 0 Å². The van der Waals surface area contributed by atoms with E-state index in [1.54, 1.807) is 55.7 Å². The lowest BCUT2D eigenvalue weighted by Gasteiger charge is -2.33. The molecule has 2 amide bonds. The summed E-state index contributed by atoms with van der Waals surface area (Å²) in [7, 11) is -3.47. The smallest absolute Gasteiger partial charge is 0.255 e. The maximum absolute atomic E-state index is 12.9. The molecule has 2 N–H and O–H groups in total. The summed E-state index contributed by atoms with van der Waals surface area (Å²) < 4.78 is 26.4. The summed E-state index contributed by atoms with van der Waals surface area (Å²) in [4.78, 5) is 29.3. The number of carbonyl (C=O) groups is 2. The van der Waals surface area contributed by atoms with Gasteiger partial charge in [0.2, 0.25) is 15.9 Å². The van der Waals surface area contributed by atoms with Crippen LogP contribution in [0, 0.1) is 0 Å². The van der Waals surface area contributed by atoms with E-state index in [1.165, 1.54) is 4.31 Å². The largest absolute Gasteiger partial charge is 0.325 e. The lowest BCUT2D eigenvalue weighted by molar-refractivity contribution is -0.120. The third-order valence-electron chi connectivity index (χ3n) is 4.91. The van der Waals surface area contributed by atoms with E-state index in [0.717, 1.165) is 12.8 Å². The molecular formula is C21H26N4O4S. The van der Waals surface area contributed by atoms with Crippen molar-refractivity contribution in [3.63, 3.8) is 0 Å². The standard InChI is InChI=1S/C21H26N4O4S/c1-2-14-30(28,29)25-13-4-3-8-19(25)21(27)24-18-7-5-6-16(15-18)20(26)23-17-9-11-22-12-10-17/h5-7,9-12,15,19H,2-4,8,13-14H2,1H3,(H,24,27)(H,22,23,26). The van der Waals surface area contributed by atoms with E-state index in [9.17, 15) is 18.0 Å². The van der Waals surface area contributed by atoms with E-state index < -0.39 is 16.1 Å². The molecule has 8 nitrogen and oxygen atoms in total. The Bertz CT molecular complexity index is 995. The molecule has 1 atom stereocenters. The molecule has 1 fully saturated rings. The highest BCUT2D eigenvalue weighted by atomic mass is 32.2. The van der Waals surface area contributed by atoms with Crippen LogP contribution in [-0.2, 0) is 14.8 Å². The Balaban J connectivity index is 1.71. The number of nitrogens with one attached hydrogen (secondary N) is 2. The number of pyridine rings is 1. The van der Waals surface area contributed by atoms with Crippen LogP contribution in [0.15, 0.2) is 48.8 Å². The van der Waals surface area contributed by atoms with Crippen molar-refractivity contribution in [3.8, 4) is 0 Å². The molecule has 1 aliphatic rings. The van der Waals surface area contributed by atoms with Gasteiger partial charge >= 0.3 is 0 Å². The lowest BCUT2D eigenvalue weighted by Crippen LogP contribution is -2.50. The quantitative estimate of drug-likeness (QED) is 0.702. The van der Waals surface area contributed by atoms with Crippen LogP contribution in [0.4, 0.5) is 11.4 Å². The zero-order chi connectivity index (χ0) is 21.6. The Morgan fingerprint density at radius 2 is 1.87 bits per heavy atom. The first-order valence-corrected chi connectivity index (χ1v) is 11.6. The summed E-state index contributed by atoms with van der Waals surface area (Å²) in [5.74, 6) is -0.662. The molecule has 0 aliphatic carbocycles. The molecule has 2 heterocycles. The van der Waals surface area contributed by atoms with E-state index in [2.05, 4.69) is 15.6 Å². The Kier molecular flexibility index (Phi) is 7.17. The summed E-state index contributed by atoms with van der Waals surface area (Å²) in [5.41, 5.74) is 1.44. The molecule has 1 aliphatic heterocycles. The minimum absolute atomic E-state index is 0.0292. The highest BCUT2D eigenvalue weighted by Gasteiger charge is 2.36. The van der Waals surface area contributed by atoms with E-state index in [-0.39, 0.29) is 17.6 Å². The van der Waals surface area contributed by atoms with Crippen molar-refractivity contribution in [2.45, 2.75) is 38.6 Å². The predicted octanol–water partition coefficient (Wildman–Crippen LogP) is 2.87. The molecule has 160 valence electrons. The molecule has 0 spiro atoms. The fourth-order valence-electron chi connectivity index (χ4n) is 3.48. The topological polar surface area (TPSA) is 108 Å². The van der Waals surface area contributed by atoms with Crippen molar-refractivity contribution in [2.75, 3.05) is 22.9 Å². The Morgan fingerprint density at radius 1 is 1.10 bits per heavy atom. The van der Waals surface area contributed by atoms with Crippen LogP contribution < -0.4 is 10.6 Å². The second-order valence-corrected chi connectivity index (χ2v) is 9.24. The number of piperidine rings is 1. The highest BCUT2D eigenvalue weighted by Crippen LogP contribution is 2.23. The van der Waals surface area contributed by atoms with Crippen LogP contribution >= 0.6 is 0 Å². The van der Waals surface area contributed by atoms with Crippen LogP contribution in [0.1, 0.15) is 43.0 Å². The van der Waals surface area contributed by atoms with Gasteiger partial charge in [0.05, 0.1) is 5.75 Å². The molecule has 3 rings (SSSR count). The van der Waals surface area contributed by atoms with E-state index in [0.29, 0.717) is 36.3 Å². The number of nitrogens with zero attached hydrogens (tertiary/aromatic N) is 2. The van der Waals surface area contributed by atoms with Gasteiger partial charge in [-0.1, -0.05) is 19.4 Å². The molecular weight excluding hydrogens is 404 g/mol. The normalized spacial score (nSPS) is 17.3. The molecule has 0 saturated carbocycles. The number of rotatable bonds is 7. The van der Waals surface area contributed by atoms with Crippen molar-refractivity contribution < 1.29 is 18.0 Å². The molecule has 30 heavy (non-hydrogen) atoms. The van der Waals surface area contributed by atoms with Gasteiger partial charge in [-0.15, -0.1) is 0 Å². The molecule has 1 unspecified atom stereocenters. The van der Waals surface area contributed by atoms with Crippen LogP contribution in [0.2, 0.25) is 0 Å². The lowest BCUT2D eigenvalue weighted by atomic mass is 10.0. The average Bonchev–Trinajstić information content (AvgIpc) is 2.74. The second-order valence-electron chi connectivity index (χ2n) is 7.20. The third-order valence-corrected chi connectivity index (χ3v) is 6.98. The number of anilines is 2. The minimum Gasteiger partial charge on any atom is -0.325 e. The van der Waals surface area contributed by atoms with Gasteiger partial charge in [-0.3, -0.25) is 14.6 Å². The van der Waals surface area contributed by atoms with Crippen LogP contribution in [0.5, 0.6) is 0 Å². The third kappa shape index (κ3) is 5.43. The van der Waals surface area contributed by atoms with E-state index in [1.807, 2.05) is 0 Å². The molecule has 1 saturated heterocycles. The molecule has 0 radical (unpaired) electrons. The number of aromatic nitrogens is 1. The number of amides is 2.